The molecule has 1 fully saturated rings. The van der Waals surface area contributed by atoms with E-state index in [-0.39, 0.29) is 6.04 Å². The largest absolute Gasteiger partial charge is 0.317 e. The Morgan fingerprint density at radius 3 is 2.64 bits per heavy atom. The monoisotopic (exact) mass is 373 g/mol. The number of nitrogens with one attached hydrogen (secondary N) is 1. The van der Waals surface area contributed by atoms with E-state index in [4.69, 9.17) is 5.10 Å². The highest BCUT2D eigenvalue weighted by Gasteiger charge is 2.25. The van der Waals surface area contributed by atoms with Crippen molar-refractivity contribution >= 4 is 0 Å². The fraction of sp³-hybridized carbons (Fsp3) is 0.364. The normalized spacial score (nSPS) is 19.5. The number of hydrogen-bond donors (Lipinski definition) is 1. The zero-order chi connectivity index (χ0) is 18.9. The van der Waals surface area contributed by atoms with Gasteiger partial charge in [-0.05, 0) is 67.6 Å². The van der Waals surface area contributed by atoms with Gasteiger partial charge in [0.05, 0.1) is 6.04 Å². The Hall–Kier alpha value is -2.86. The lowest BCUT2D eigenvalue weighted by atomic mass is 9.98. The van der Waals surface area contributed by atoms with Crippen LogP contribution in [0.15, 0.2) is 54.1 Å². The summed E-state index contributed by atoms with van der Waals surface area (Å²) in [5.74, 6) is 0. The van der Waals surface area contributed by atoms with Gasteiger partial charge in [-0.25, -0.2) is 0 Å². The first-order chi connectivity index (χ1) is 13.8. The molecule has 142 valence electrons. The average Bonchev–Trinajstić information content (AvgIpc) is 3.39. The van der Waals surface area contributed by atoms with E-state index in [2.05, 4.69) is 44.6 Å². The van der Waals surface area contributed by atoms with E-state index in [1.165, 1.54) is 5.56 Å². The average molecular weight is 373 g/mol. The second-order valence-electron chi connectivity index (χ2n) is 7.66. The van der Waals surface area contributed by atoms with Gasteiger partial charge in [-0.1, -0.05) is 23.4 Å². The first kappa shape index (κ1) is 17.3. The van der Waals surface area contributed by atoms with Gasteiger partial charge < -0.3 is 5.32 Å². The highest BCUT2D eigenvalue weighted by molar-refractivity contribution is 5.80. The molecule has 1 aliphatic carbocycles. The van der Waals surface area contributed by atoms with E-state index in [1.54, 1.807) is 0 Å². The SMILES string of the molecule is O=NC1CCc2cc(-c3cn(C4CCNCC4)nc3-c3ccncc3)ccc21. The van der Waals surface area contributed by atoms with Crippen LogP contribution in [0.1, 0.15) is 42.5 Å². The molecular weight excluding hydrogens is 350 g/mol. The fourth-order valence-corrected chi connectivity index (χ4v) is 4.46. The molecule has 0 spiro atoms. The number of nitrogens with zero attached hydrogens (tertiary/aromatic N) is 4. The van der Waals surface area contributed by atoms with Gasteiger partial charge in [-0.3, -0.25) is 9.67 Å². The Morgan fingerprint density at radius 2 is 1.86 bits per heavy atom. The fourth-order valence-electron chi connectivity index (χ4n) is 4.46. The number of aromatic nitrogens is 3. The molecule has 1 aromatic carbocycles. The van der Waals surface area contributed by atoms with Crippen molar-refractivity contribution in [2.24, 2.45) is 5.18 Å². The molecule has 2 aliphatic rings. The molecule has 1 saturated heterocycles. The number of nitroso groups, excluding NO2 is 1. The van der Waals surface area contributed by atoms with Crippen LogP contribution in [0.3, 0.4) is 0 Å². The maximum absolute atomic E-state index is 11.1. The number of pyridine rings is 1. The smallest absolute Gasteiger partial charge is 0.117 e. The summed E-state index contributed by atoms with van der Waals surface area (Å²) in [5, 5.41) is 11.7. The molecule has 0 radical (unpaired) electrons. The Kier molecular flexibility index (Phi) is 4.49. The second kappa shape index (κ2) is 7.28. The van der Waals surface area contributed by atoms with Crippen molar-refractivity contribution in [2.75, 3.05) is 13.1 Å². The summed E-state index contributed by atoms with van der Waals surface area (Å²) in [6.07, 6.45) is 9.72. The van der Waals surface area contributed by atoms with Crippen LogP contribution in [0.25, 0.3) is 22.4 Å². The highest BCUT2D eigenvalue weighted by atomic mass is 16.3. The quantitative estimate of drug-likeness (QED) is 0.693. The standard InChI is InChI=1S/C22H23N5O/c28-26-21-4-2-16-13-17(1-3-19(16)21)20-14-27(18-7-11-24-12-8-18)25-22(20)15-5-9-23-10-6-15/h1,3,5-6,9-10,13-14,18,21,24H,2,4,7-8,11-12H2. The van der Waals surface area contributed by atoms with Crippen LogP contribution in [0.2, 0.25) is 0 Å². The third-order valence-electron chi connectivity index (χ3n) is 6.00. The van der Waals surface area contributed by atoms with E-state index in [9.17, 15) is 4.91 Å². The molecule has 6 heteroatoms. The Morgan fingerprint density at radius 1 is 1.04 bits per heavy atom. The first-order valence-electron chi connectivity index (χ1n) is 9.99. The molecule has 0 bridgehead atoms. The molecule has 3 aromatic rings. The van der Waals surface area contributed by atoms with Crippen LogP contribution in [0, 0.1) is 4.91 Å². The van der Waals surface area contributed by atoms with Crippen molar-refractivity contribution in [3.63, 3.8) is 0 Å². The van der Waals surface area contributed by atoms with E-state index < -0.39 is 0 Å². The molecule has 5 rings (SSSR count). The van der Waals surface area contributed by atoms with Gasteiger partial charge in [0.1, 0.15) is 11.7 Å². The van der Waals surface area contributed by atoms with Crippen molar-refractivity contribution < 1.29 is 0 Å². The van der Waals surface area contributed by atoms with Crippen LogP contribution in [0.5, 0.6) is 0 Å². The summed E-state index contributed by atoms with van der Waals surface area (Å²) in [5.41, 5.74) is 6.66. The minimum absolute atomic E-state index is 0.193. The van der Waals surface area contributed by atoms with Gasteiger partial charge in [0.2, 0.25) is 0 Å². The predicted molar refractivity (Wildman–Crippen MR) is 109 cm³/mol. The summed E-state index contributed by atoms with van der Waals surface area (Å²) in [4.78, 5) is 15.2. The lowest BCUT2D eigenvalue weighted by molar-refractivity contribution is 0.344. The maximum atomic E-state index is 11.1. The van der Waals surface area contributed by atoms with Crippen molar-refractivity contribution in [3.8, 4) is 22.4 Å². The van der Waals surface area contributed by atoms with E-state index in [0.29, 0.717) is 6.04 Å². The summed E-state index contributed by atoms with van der Waals surface area (Å²) in [7, 11) is 0. The maximum Gasteiger partial charge on any atom is 0.117 e. The summed E-state index contributed by atoms with van der Waals surface area (Å²) in [6, 6.07) is 10.7. The Balaban J connectivity index is 1.60. The van der Waals surface area contributed by atoms with Crippen LogP contribution < -0.4 is 5.32 Å². The molecule has 6 nitrogen and oxygen atoms in total. The van der Waals surface area contributed by atoms with E-state index in [1.807, 2.05) is 24.5 Å². The molecule has 0 amide bonds. The van der Waals surface area contributed by atoms with Crippen molar-refractivity contribution in [1.82, 2.24) is 20.1 Å². The minimum atomic E-state index is -0.193. The summed E-state index contributed by atoms with van der Waals surface area (Å²) >= 11 is 0. The molecular formula is C22H23N5O. The molecule has 1 unspecified atom stereocenters. The topological polar surface area (TPSA) is 72.2 Å². The molecule has 1 N–H and O–H groups in total. The van der Waals surface area contributed by atoms with Crippen LogP contribution in [-0.4, -0.2) is 27.9 Å². The minimum Gasteiger partial charge on any atom is -0.317 e. The molecule has 1 aliphatic heterocycles. The molecule has 0 saturated carbocycles. The van der Waals surface area contributed by atoms with Gasteiger partial charge in [0.15, 0.2) is 0 Å². The number of fused-ring (bicyclic) bond motifs is 1. The molecule has 3 heterocycles. The predicted octanol–water partition coefficient (Wildman–Crippen LogP) is 4.29. The third kappa shape index (κ3) is 3.03. The zero-order valence-corrected chi connectivity index (χ0v) is 15.7. The lowest BCUT2D eigenvalue weighted by Gasteiger charge is -2.22. The number of piperidine rings is 1. The van der Waals surface area contributed by atoms with Crippen LogP contribution >= 0.6 is 0 Å². The van der Waals surface area contributed by atoms with Gasteiger partial charge in [0, 0.05) is 29.7 Å². The molecule has 2 aromatic heterocycles. The summed E-state index contributed by atoms with van der Waals surface area (Å²) < 4.78 is 2.15. The Bertz CT molecular complexity index is 991. The molecule has 1 atom stereocenters. The number of rotatable bonds is 4. The second-order valence-corrected chi connectivity index (χ2v) is 7.66. The molecule has 28 heavy (non-hydrogen) atoms. The number of aryl methyl sites for hydroxylation is 1. The van der Waals surface area contributed by atoms with Gasteiger partial charge >= 0.3 is 0 Å². The van der Waals surface area contributed by atoms with Crippen LogP contribution in [-0.2, 0) is 6.42 Å². The van der Waals surface area contributed by atoms with Gasteiger partial charge in [-0.2, -0.15) is 10.0 Å². The highest BCUT2D eigenvalue weighted by Crippen LogP contribution is 2.39. The van der Waals surface area contributed by atoms with Gasteiger partial charge in [0.25, 0.3) is 0 Å². The van der Waals surface area contributed by atoms with Crippen LogP contribution in [0.4, 0.5) is 0 Å². The van der Waals surface area contributed by atoms with Crippen molar-refractivity contribution in [1.29, 1.82) is 0 Å². The lowest BCUT2D eigenvalue weighted by Crippen LogP contribution is -2.29. The number of benzene rings is 1. The zero-order valence-electron chi connectivity index (χ0n) is 15.7. The Labute approximate surface area is 164 Å². The van der Waals surface area contributed by atoms with Crippen molar-refractivity contribution in [2.45, 2.75) is 37.8 Å². The van der Waals surface area contributed by atoms with Crippen molar-refractivity contribution in [3.05, 3.63) is 65.0 Å². The van der Waals surface area contributed by atoms with E-state index >= 15 is 0 Å². The van der Waals surface area contributed by atoms with Gasteiger partial charge in [-0.15, -0.1) is 0 Å². The number of hydrogen-bond acceptors (Lipinski definition) is 5. The van der Waals surface area contributed by atoms with E-state index in [0.717, 1.165) is 66.7 Å². The third-order valence-corrected chi connectivity index (χ3v) is 6.00. The first-order valence-corrected chi connectivity index (χ1v) is 9.99. The summed E-state index contributed by atoms with van der Waals surface area (Å²) in [6.45, 7) is 2.06.